The summed E-state index contributed by atoms with van der Waals surface area (Å²) in [6, 6.07) is 8.95. The van der Waals surface area contributed by atoms with E-state index < -0.39 is 0 Å². The zero-order valence-electron chi connectivity index (χ0n) is 19.3. The van der Waals surface area contributed by atoms with Crippen molar-refractivity contribution in [3.63, 3.8) is 0 Å². The van der Waals surface area contributed by atoms with Crippen molar-refractivity contribution in [2.24, 2.45) is 10.1 Å². The Morgan fingerprint density at radius 1 is 1.03 bits per heavy atom. The van der Waals surface area contributed by atoms with Crippen molar-refractivity contribution in [2.75, 3.05) is 35.0 Å². The van der Waals surface area contributed by atoms with Crippen molar-refractivity contribution in [1.82, 2.24) is 4.68 Å². The van der Waals surface area contributed by atoms with Crippen LogP contribution in [0.25, 0.3) is 11.3 Å². The van der Waals surface area contributed by atoms with E-state index in [2.05, 4.69) is 16.7 Å². The average Bonchev–Trinajstić information content (AvgIpc) is 3.23. The molecular formula is C24H27N3O5S. The molecule has 0 saturated carbocycles. The van der Waals surface area contributed by atoms with Gasteiger partial charge in [-0.05, 0) is 31.2 Å². The molecule has 0 unspecified atom stereocenters. The quantitative estimate of drug-likeness (QED) is 0.373. The van der Waals surface area contributed by atoms with E-state index in [0.717, 1.165) is 16.8 Å². The third-order valence-corrected chi connectivity index (χ3v) is 5.53. The lowest BCUT2D eigenvalue weighted by Crippen LogP contribution is -2.13. The monoisotopic (exact) mass is 469 g/mol. The number of rotatable bonds is 9. The normalized spacial score (nSPS) is 11.6. The van der Waals surface area contributed by atoms with Crippen molar-refractivity contribution < 1.29 is 24.1 Å². The summed E-state index contributed by atoms with van der Waals surface area (Å²) < 4.78 is 23.1. The number of thiazole rings is 1. The molecule has 33 heavy (non-hydrogen) atoms. The average molecular weight is 470 g/mol. The molecule has 0 atom stereocenters. The van der Waals surface area contributed by atoms with Crippen molar-refractivity contribution in [1.29, 1.82) is 0 Å². The minimum Gasteiger partial charge on any atom is -0.502 e. The molecule has 8 nitrogen and oxygen atoms in total. The predicted molar refractivity (Wildman–Crippen MR) is 130 cm³/mol. The van der Waals surface area contributed by atoms with E-state index in [1.165, 1.54) is 25.6 Å². The van der Waals surface area contributed by atoms with Crippen LogP contribution in [-0.4, -0.2) is 51.0 Å². The maximum absolute atomic E-state index is 10.2. The van der Waals surface area contributed by atoms with Crippen LogP contribution in [0.3, 0.4) is 0 Å². The number of ether oxygens (including phenoxy) is 4. The maximum atomic E-state index is 10.2. The molecule has 0 spiro atoms. The molecule has 9 heteroatoms. The lowest BCUT2D eigenvalue weighted by molar-refractivity contribution is 0.340. The van der Waals surface area contributed by atoms with Gasteiger partial charge in [-0.2, -0.15) is 5.10 Å². The fourth-order valence-electron chi connectivity index (χ4n) is 3.03. The Hall–Kier alpha value is -3.72. The molecule has 0 aliphatic heterocycles. The van der Waals surface area contributed by atoms with Crippen LogP contribution < -0.4 is 23.7 Å². The van der Waals surface area contributed by atoms with E-state index in [1.54, 1.807) is 37.2 Å². The second-order valence-electron chi connectivity index (χ2n) is 7.07. The largest absolute Gasteiger partial charge is 0.502 e. The topological polar surface area (TPSA) is 86.8 Å². The molecule has 1 aromatic heterocycles. The lowest BCUT2D eigenvalue weighted by Gasteiger charge is -2.11. The van der Waals surface area contributed by atoms with E-state index in [9.17, 15) is 5.11 Å². The van der Waals surface area contributed by atoms with Gasteiger partial charge in [-0.3, -0.25) is 4.99 Å². The summed E-state index contributed by atoms with van der Waals surface area (Å²) in [5, 5.41) is 16.8. The van der Waals surface area contributed by atoms with Crippen molar-refractivity contribution >= 4 is 17.6 Å². The van der Waals surface area contributed by atoms with Gasteiger partial charge in [0, 0.05) is 22.6 Å². The van der Waals surface area contributed by atoms with Gasteiger partial charge in [0.05, 0.1) is 46.9 Å². The first-order chi connectivity index (χ1) is 15.9. The number of benzene rings is 2. The first kappa shape index (κ1) is 23.9. The number of hydrogen-bond donors (Lipinski definition) is 1. The Morgan fingerprint density at radius 3 is 2.27 bits per heavy atom. The molecule has 0 fully saturated rings. The van der Waals surface area contributed by atoms with Gasteiger partial charge in [-0.15, -0.1) is 11.3 Å². The number of methoxy groups -OCH3 is 4. The van der Waals surface area contributed by atoms with Gasteiger partial charge in [0.25, 0.3) is 0 Å². The van der Waals surface area contributed by atoms with E-state index >= 15 is 0 Å². The predicted octanol–water partition coefficient (Wildman–Crippen LogP) is 4.32. The van der Waals surface area contributed by atoms with Gasteiger partial charge in [0.15, 0.2) is 11.5 Å². The molecule has 0 saturated heterocycles. The van der Waals surface area contributed by atoms with Gasteiger partial charge in [-0.1, -0.05) is 12.2 Å². The lowest BCUT2D eigenvalue weighted by atomic mass is 10.1. The number of phenols is 1. The van der Waals surface area contributed by atoms with Gasteiger partial charge < -0.3 is 24.1 Å². The van der Waals surface area contributed by atoms with E-state index in [4.69, 9.17) is 18.9 Å². The van der Waals surface area contributed by atoms with Crippen molar-refractivity contribution in [3.05, 3.63) is 58.2 Å². The highest BCUT2D eigenvalue weighted by atomic mass is 32.1. The molecule has 0 radical (unpaired) electrons. The number of hydrogen-bond acceptors (Lipinski definition) is 8. The van der Waals surface area contributed by atoms with Crippen LogP contribution in [-0.2, 0) is 0 Å². The minimum atomic E-state index is -0.0684. The Morgan fingerprint density at radius 2 is 1.70 bits per heavy atom. The van der Waals surface area contributed by atoms with E-state index in [-0.39, 0.29) is 17.2 Å². The van der Waals surface area contributed by atoms with Crippen LogP contribution >= 0.6 is 11.3 Å². The SMILES string of the molecule is C=C(C)CN=c1scc(-c2ccc(OC)cc2OC)n1N=Cc1cc(OC)c(O)c(OC)c1. The van der Waals surface area contributed by atoms with Gasteiger partial charge in [-0.25, -0.2) is 4.68 Å². The minimum absolute atomic E-state index is 0.0684. The summed E-state index contributed by atoms with van der Waals surface area (Å²) in [4.78, 5) is 5.34. The number of aromatic nitrogens is 1. The molecular weight excluding hydrogens is 442 g/mol. The van der Waals surface area contributed by atoms with Gasteiger partial charge in [0.2, 0.25) is 10.6 Å². The molecule has 1 heterocycles. The Kier molecular flexibility index (Phi) is 7.78. The second kappa shape index (κ2) is 10.7. The molecule has 1 N–H and O–H groups in total. The molecule has 2 aromatic carbocycles. The highest BCUT2D eigenvalue weighted by Crippen LogP contribution is 2.37. The first-order valence-corrected chi connectivity index (χ1v) is 10.9. The summed E-state index contributed by atoms with van der Waals surface area (Å²) in [6.07, 6.45) is 1.65. The smallest absolute Gasteiger partial charge is 0.206 e. The zero-order chi connectivity index (χ0) is 24.0. The van der Waals surface area contributed by atoms with Crippen LogP contribution in [0.2, 0.25) is 0 Å². The standard InChI is InChI=1S/C24H27N3O5S/c1-15(2)12-25-24-27(26-13-16-9-21(31-5)23(28)22(10-16)32-6)19(14-33-24)18-8-7-17(29-3)11-20(18)30-4/h7-11,13-14,28H,1,12H2,2-6H3. The molecule has 3 rings (SSSR count). The van der Waals surface area contributed by atoms with Gasteiger partial charge in [0.1, 0.15) is 11.5 Å². The van der Waals surface area contributed by atoms with Crippen LogP contribution in [0.4, 0.5) is 0 Å². The molecule has 3 aromatic rings. The molecule has 174 valence electrons. The zero-order valence-corrected chi connectivity index (χ0v) is 20.1. The maximum Gasteiger partial charge on any atom is 0.206 e. The summed E-state index contributed by atoms with van der Waals surface area (Å²) in [5.41, 5.74) is 3.26. The summed E-state index contributed by atoms with van der Waals surface area (Å²) in [6.45, 7) is 6.34. The Balaban J connectivity index is 2.16. The fourth-order valence-corrected chi connectivity index (χ4v) is 3.86. The van der Waals surface area contributed by atoms with Crippen molar-refractivity contribution in [2.45, 2.75) is 6.92 Å². The second-order valence-corrected chi connectivity index (χ2v) is 7.91. The number of aromatic hydroxyl groups is 1. The highest BCUT2D eigenvalue weighted by Gasteiger charge is 2.14. The van der Waals surface area contributed by atoms with Crippen LogP contribution in [0.15, 0.2) is 58.0 Å². The summed E-state index contributed by atoms with van der Waals surface area (Å²) >= 11 is 1.46. The van der Waals surface area contributed by atoms with Gasteiger partial charge >= 0.3 is 0 Å². The van der Waals surface area contributed by atoms with E-state index in [1.807, 2.05) is 30.5 Å². The number of nitrogens with zero attached hydrogens (tertiary/aromatic N) is 3. The first-order valence-electron chi connectivity index (χ1n) is 9.99. The van der Waals surface area contributed by atoms with Crippen LogP contribution in [0.1, 0.15) is 12.5 Å². The third kappa shape index (κ3) is 5.38. The summed E-state index contributed by atoms with van der Waals surface area (Å²) in [5.74, 6) is 1.85. The Bertz CT molecular complexity index is 1220. The van der Waals surface area contributed by atoms with Crippen molar-refractivity contribution in [3.8, 4) is 40.0 Å². The summed E-state index contributed by atoms with van der Waals surface area (Å²) in [7, 11) is 6.18. The third-order valence-electron chi connectivity index (χ3n) is 4.68. The number of phenolic OH excluding ortho intramolecular Hbond substituents is 1. The van der Waals surface area contributed by atoms with Crippen LogP contribution in [0.5, 0.6) is 28.7 Å². The van der Waals surface area contributed by atoms with Crippen LogP contribution in [0, 0.1) is 0 Å². The molecule has 0 amide bonds. The molecule has 0 aliphatic carbocycles. The fraction of sp³-hybridized carbons (Fsp3) is 0.250. The molecule has 0 aliphatic rings. The van der Waals surface area contributed by atoms with E-state index in [0.29, 0.717) is 28.4 Å². The highest BCUT2D eigenvalue weighted by molar-refractivity contribution is 7.07. The Labute approximate surface area is 196 Å². The molecule has 0 bridgehead atoms.